The van der Waals surface area contributed by atoms with Gasteiger partial charge in [0.25, 0.3) is 0 Å². The van der Waals surface area contributed by atoms with Crippen LogP contribution in [0, 0.1) is 11.8 Å². The van der Waals surface area contributed by atoms with E-state index in [-0.39, 0.29) is 0 Å². The maximum absolute atomic E-state index is 5.53. The van der Waals surface area contributed by atoms with Crippen molar-refractivity contribution in [2.24, 2.45) is 0 Å². The zero-order chi connectivity index (χ0) is 15.0. The van der Waals surface area contributed by atoms with E-state index in [4.69, 9.17) is 4.74 Å². The molecule has 0 fully saturated rings. The van der Waals surface area contributed by atoms with Crippen molar-refractivity contribution in [3.8, 4) is 11.8 Å². The number of ether oxygens (including phenoxy) is 1. The van der Waals surface area contributed by atoms with Gasteiger partial charge in [-0.1, -0.05) is 88.1 Å². The van der Waals surface area contributed by atoms with Crippen LogP contribution in [0.1, 0.15) is 70.3 Å². The molecule has 0 heterocycles. The Balaban J connectivity index is 1.85. The van der Waals surface area contributed by atoms with Crippen LogP contribution in [0.5, 0.6) is 0 Å². The maximum Gasteiger partial charge on any atom is 0.108 e. The fourth-order valence-electron chi connectivity index (χ4n) is 2.28. The first-order valence-electron chi connectivity index (χ1n) is 8.51. The van der Waals surface area contributed by atoms with Crippen molar-refractivity contribution < 1.29 is 4.74 Å². The smallest absolute Gasteiger partial charge is 0.108 e. The number of benzene rings is 1. The van der Waals surface area contributed by atoms with Crippen LogP contribution < -0.4 is 0 Å². The summed E-state index contributed by atoms with van der Waals surface area (Å²) in [6, 6.07) is 10.2. The Kier molecular flexibility index (Phi) is 11.6. The van der Waals surface area contributed by atoms with Gasteiger partial charge in [-0.25, -0.2) is 0 Å². The second-order valence-corrected chi connectivity index (χ2v) is 5.56. The molecule has 0 saturated heterocycles. The second kappa shape index (κ2) is 13.7. The lowest BCUT2D eigenvalue weighted by atomic mass is 10.1. The maximum atomic E-state index is 5.53. The summed E-state index contributed by atoms with van der Waals surface area (Å²) in [5.74, 6) is 6.31. The van der Waals surface area contributed by atoms with Gasteiger partial charge in [-0.3, -0.25) is 0 Å². The molecule has 0 atom stereocenters. The average Bonchev–Trinajstić information content (AvgIpc) is 2.53. The summed E-state index contributed by atoms with van der Waals surface area (Å²) in [4.78, 5) is 0. The molecule has 0 amide bonds. The molecule has 0 spiro atoms. The number of hydrogen-bond donors (Lipinski definition) is 0. The van der Waals surface area contributed by atoms with E-state index < -0.39 is 0 Å². The monoisotopic (exact) mass is 286 g/mol. The molecule has 21 heavy (non-hydrogen) atoms. The minimum atomic E-state index is 0.548. The van der Waals surface area contributed by atoms with Crippen LogP contribution in [0.25, 0.3) is 0 Å². The first-order valence-corrected chi connectivity index (χ1v) is 8.51. The summed E-state index contributed by atoms with van der Waals surface area (Å²) in [5, 5.41) is 0. The SMILES string of the molecule is CCCCCCCCCCC#CCOCc1ccccc1. The van der Waals surface area contributed by atoms with Gasteiger partial charge in [0.2, 0.25) is 0 Å². The standard InChI is InChI=1S/C20H30O/c1-2-3-4-5-6-7-8-9-10-11-15-18-21-19-20-16-13-12-14-17-20/h12-14,16-17H,2-10,18-19H2,1H3. The lowest BCUT2D eigenvalue weighted by Crippen LogP contribution is -1.92. The highest BCUT2D eigenvalue weighted by Gasteiger charge is 1.91. The van der Waals surface area contributed by atoms with E-state index in [2.05, 4.69) is 30.9 Å². The minimum Gasteiger partial charge on any atom is -0.364 e. The van der Waals surface area contributed by atoms with Crippen molar-refractivity contribution in [3.63, 3.8) is 0 Å². The summed E-state index contributed by atoms with van der Waals surface area (Å²) >= 11 is 0. The van der Waals surface area contributed by atoms with Crippen molar-refractivity contribution in [3.05, 3.63) is 35.9 Å². The molecule has 0 aliphatic carbocycles. The van der Waals surface area contributed by atoms with Gasteiger partial charge in [-0.05, 0) is 12.0 Å². The van der Waals surface area contributed by atoms with Crippen LogP contribution in [0.4, 0.5) is 0 Å². The normalized spacial score (nSPS) is 10.1. The Morgan fingerprint density at radius 2 is 1.48 bits per heavy atom. The first-order chi connectivity index (χ1) is 10.4. The third-order valence-electron chi connectivity index (χ3n) is 3.57. The van der Waals surface area contributed by atoms with Gasteiger partial charge >= 0.3 is 0 Å². The van der Waals surface area contributed by atoms with Gasteiger partial charge in [0.1, 0.15) is 6.61 Å². The summed E-state index contributed by atoms with van der Waals surface area (Å²) in [6.45, 7) is 3.47. The second-order valence-electron chi connectivity index (χ2n) is 5.56. The van der Waals surface area contributed by atoms with E-state index in [1.165, 1.54) is 56.9 Å². The third kappa shape index (κ3) is 11.1. The zero-order valence-corrected chi connectivity index (χ0v) is 13.6. The number of rotatable bonds is 11. The fraction of sp³-hybridized carbons (Fsp3) is 0.600. The molecule has 0 N–H and O–H groups in total. The summed E-state index contributed by atoms with van der Waals surface area (Å²) < 4.78 is 5.53. The Morgan fingerprint density at radius 3 is 2.19 bits per heavy atom. The van der Waals surface area contributed by atoms with Crippen LogP contribution in [0.15, 0.2) is 30.3 Å². The van der Waals surface area contributed by atoms with Crippen LogP contribution in [-0.4, -0.2) is 6.61 Å². The van der Waals surface area contributed by atoms with Gasteiger partial charge < -0.3 is 4.74 Å². The zero-order valence-electron chi connectivity index (χ0n) is 13.6. The molecule has 0 bridgehead atoms. The number of hydrogen-bond acceptors (Lipinski definition) is 1. The summed E-state index contributed by atoms with van der Waals surface area (Å²) in [6.07, 6.45) is 11.9. The Bertz CT molecular complexity index is 385. The summed E-state index contributed by atoms with van der Waals surface area (Å²) in [5.41, 5.74) is 1.21. The van der Waals surface area contributed by atoms with Crippen molar-refractivity contribution in [1.82, 2.24) is 0 Å². The summed E-state index contributed by atoms with van der Waals surface area (Å²) in [7, 11) is 0. The van der Waals surface area contributed by atoms with E-state index >= 15 is 0 Å². The van der Waals surface area contributed by atoms with Crippen LogP contribution in [0.3, 0.4) is 0 Å². The van der Waals surface area contributed by atoms with Crippen LogP contribution >= 0.6 is 0 Å². The molecule has 0 aliphatic rings. The minimum absolute atomic E-state index is 0.548. The van der Waals surface area contributed by atoms with E-state index in [1.54, 1.807) is 0 Å². The molecule has 116 valence electrons. The quantitative estimate of drug-likeness (QED) is 0.372. The lowest BCUT2D eigenvalue weighted by molar-refractivity contribution is 0.153. The highest BCUT2D eigenvalue weighted by Crippen LogP contribution is 2.09. The Hall–Kier alpha value is -1.26. The van der Waals surface area contributed by atoms with Crippen molar-refractivity contribution >= 4 is 0 Å². The predicted octanol–water partition coefficient (Wildman–Crippen LogP) is 5.74. The molecule has 0 aliphatic heterocycles. The van der Waals surface area contributed by atoms with E-state index in [1.807, 2.05) is 18.2 Å². The molecular weight excluding hydrogens is 256 g/mol. The molecule has 0 saturated carbocycles. The largest absolute Gasteiger partial charge is 0.364 e. The third-order valence-corrected chi connectivity index (χ3v) is 3.57. The van der Waals surface area contributed by atoms with E-state index in [0.29, 0.717) is 13.2 Å². The molecule has 1 nitrogen and oxygen atoms in total. The van der Waals surface area contributed by atoms with Gasteiger partial charge in [-0.15, -0.1) is 5.92 Å². The number of unbranched alkanes of at least 4 members (excludes halogenated alkanes) is 8. The van der Waals surface area contributed by atoms with Gasteiger partial charge in [-0.2, -0.15) is 0 Å². The van der Waals surface area contributed by atoms with Crippen LogP contribution in [0.2, 0.25) is 0 Å². The van der Waals surface area contributed by atoms with Crippen molar-refractivity contribution in [2.45, 2.75) is 71.3 Å². The molecule has 1 rings (SSSR count). The molecule has 0 aromatic heterocycles. The van der Waals surface area contributed by atoms with E-state index in [0.717, 1.165) is 6.42 Å². The average molecular weight is 286 g/mol. The first kappa shape index (κ1) is 17.8. The fourth-order valence-corrected chi connectivity index (χ4v) is 2.28. The van der Waals surface area contributed by atoms with Crippen molar-refractivity contribution in [1.29, 1.82) is 0 Å². The molecule has 0 unspecified atom stereocenters. The van der Waals surface area contributed by atoms with Gasteiger partial charge in [0.05, 0.1) is 6.61 Å². The van der Waals surface area contributed by atoms with Crippen molar-refractivity contribution in [2.75, 3.05) is 6.61 Å². The molecule has 1 aromatic carbocycles. The van der Waals surface area contributed by atoms with E-state index in [9.17, 15) is 0 Å². The molecule has 1 heteroatoms. The molecule has 1 aromatic rings. The predicted molar refractivity (Wildman–Crippen MR) is 91.1 cm³/mol. The highest BCUT2D eigenvalue weighted by molar-refractivity contribution is 5.13. The van der Waals surface area contributed by atoms with Gasteiger partial charge in [0.15, 0.2) is 0 Å². The molecular formula is C20H30O. The Morgan fingerprint density at radius 1 is 0.810 bits per heavy atom. The molecule has 0 radical (unpaired) electrons. The lowest BCUT2D eigenvalue weighted by Gasteiger charge is -2.00. The Labute approximate surface area is 131 Å². The topological polar surface area (TPSA) is 9.23 Å². The van der Waals surface area contributed by atoms with Crippen LogP contribution in [-0.2, 0) is 11.3 Å². The highest BCUT2D eigenvalue weighted by atomic mass is 16.5. The van der Waals surface area contributed by atoms with Gasteiger partial charge in [0, 0.05) is 6.42 Å².